The maximum absolute atomic E-state index is 11.0. The zero-order valence-corrected chi connectivity index (χ0v) is 13.8. The van der Waals surface area contributed by atoms with E-state index in [-0.39, 0.29) is 0 Å². The summed E-state index contributed by atoms with van der Waals surface area (Å²) in [6.07, 6.45) is 0.704. The van der Waals surface area contributed by atoms with Gasteiger partial charge in [0.2, 0.25) is 0 Å². The standard InChI is InChI=1S/C16H14Cl2N2O3/c1-22-16(21)20-19-9-12-7-13(17)8-14(18)15(12)23-10-11-5-3-2-4-6-11/h2-9H,10H2,1H3,(H,20,21)/b19-9+. The number of halogens is 2. The largest absolute Gasteiger partial charge is 0.487 e. The normalized spacial score (nSPS) is 10.6. The quantitative estimate of drug-likeness (QED) is 0.645. The molecule has 0 atom stereocenters. The minimum absolute atomic E-state index is 0.341. The molecule has 2 rings (SSSR count). The molecule has 7 heteroatoms. The van der Waals surface area contributed by atoms with Gasteiger partial charge >= 0.3 is 6.09 Å². The van der Waals surface area contributed by atoms with Crippen molar-refractivity contribution in [3.8, 4) is 5.75 Å². The van der Waals surface area contributed by atoms with Gasteiger partial charge in [-0.05, 0) is 17.7 Å². The van der Waals surface area contributed by atoms with E-state index in [9.17, 15) is 4.79 Å². The molecule has 1 amide bonds. The highest BCUT2D eigenvalue weighted by molar-refractivity contribution is 6.36. The van der Waals surface area contributed by atoms with Crippen LogP contribution in [0, 0.1) is 0 Å². The van der Waals surface area contributed by atoms with E-state index in [0.717, 1.165) is 5.56 Å². The number of hydrogen-bond donors (Lipinski definition) is 1. The zero-order chi connectivity index (χ0) is 16.7. The lowest BCUT2D eigenvalue weighted by atomic mass is 10.2. The first-order valence-electron chi connectivity index (χ1n) is 6.63. The third kappa shape index (κ3) is 5.16. The van der Waals surface area contributed by atoms with Crippen molar-refractivity contribution < 1.29 is 14.3 Å². The van der Waals surface area contributed by atoms with E-state index in [1.807, 2.05) is 30.3 Å². The molecule has 0 aliphatic carbocycles. The van der Waals surface area contributed by atoms with Gasteiger partial charge in [0.1, 0.15) is 12.4 Å². The molecule has 0 bridgehead atoms. The van der Waals surface area contributed by atoms with Gasteiger partial charge in [0.25, 0.3) is 0 Å². The van der Waals surface area contributed by atoms with E-state index in [1.165, 1.54) is 13.3 Å². The van der Waals surface area contributed by atoms with Crippen LogP contribution in [0.15, 0.2) is 47.6 Å². The summed E-state index contributed by atoms with van der Waals surface area (Å²) in [5.41, 5.74) is 3.72. The van der Waals surface area contributed by atoms with Crippen molar-refractivity contribution >= 4 is 35.5 Å². The highest BCUT2D eigenvalue weighted by atomic mass is 35.5. The van der Waals surface area contributed by atoms with E-state index in [4.69, 9.17) is 27.9 Å². The molecule has 0 radical (unpaired) electrons. The summed E-state index contributed by atoms with van der Waals surface area (Å²) >= 11 is 12.2. The summed E-state index contributed by atoms with van der Waals surface area (Å²) in [5.74, 6) is 0.426. The zero-order valence-electron chi connectivity index (χ0n) is 12.3. The second-order valence-electron chi connectivity index (χ2n) is 4.44. The molecule has 0 heterocycles. The van der Waals surface area contributed by atoms with Gasteiger partial charge in [-0.25, -0.2) is 10.2 Å². The van der Waals surface area contributed by atoms with Gasteiger partial charge < -0.3 is 9.47 Å². The maximum atomic E-state index is 11.0. The number of carbonyl (C=O) groups excluding carboxylic acids is 1. The van der Waals surface area contributed by atoms with E-state index in [2.05, 4.69) is 15.3 Å². The van der Waals surface area contributed by atoms with Gasteiger partial charge in [-0.1, -0.05) is 53.5 Å². The Hall–Kier alpha value is -2.24. The summed E-state index contributed by atoms with van der Waals surface area (Å²) in [4.78, 5) is 11.0. The fraction of sp³-hybridized carbons (Fsp3) is 0.125. The van der Waals surface area contributed by atoms with Crippen molar-refractivity contribution in [1.29, 1.82) is 0 Å². The molecular weight excluding hydrogens is 339 g/mol. The van der Waals surface area contributed by atoms with Crippen LogP contribution in [0.2, 0.25) is 10.0 Å². The summed E-state index contributed by atoms with van der Waals surface area (Å²) in [6.45, 7) is 0.341. The molecule has 1 N–H and O–H groups in total. The summed E-state index contributed by atoms with van der Waals surface area (Å²) < 4.78 is 10.2. The van der Waals surface area contributed by atoms with Crippen LogP contribution in [0.4, 0.5) is 4.79 Å². The fourth-order valence-corrected chi connectivity index (χ4v) is 2.32. The molecule has 23 heavy (non-hydrogen) atoms. The van der Waals surface area contributed by atoms with Gasteiger partial charge in [0, 0.05) is 10.6 Å². The van der Waals surface area contributed by atoms with E-state index in [1.54, 1.807) is 12.1 Å². The first-order valence-corrected chi connectivity index (χ1v) is 7.38. The Balaban J connectivity index is 2.18. The molecule has 5 nitrogen and oxygen atoms in total. The second-order valence-corrected chi connectivity index (χ2v) is 5.29. The molecule has 0 spiro atoms. The molecular formula is C16H14Cl2N2O3. The Morgan fingerprint density at radius 1 is 1.26 bits per heavy atom. The molecule has 0 unspecified atom stereocenters. The lowest BCUT2D eigenvalue weighted by molar-refractivity contribution is 0.171. The summed E-state index contributed by atoms with van der Waals surface area (Å²) in [7, 11) is 1.25. The van der Waals surface area contributed by atoms with Crippen LogP contribution in [0.5, 0.6) is 5.75 Å². The number of carbonyl (C=O) groups is 1. The van der Waals surface area contributed by atoms with Crippen molar-refractivity contribution in [3.63, 3.8) is 0 Å². The Morgan fingerprint density at radius 3 is 2.70 bits per heavy atom. The number of hydrazone groups is 1. The molecule has 0 aliphatic rings. The predicted molar refractivity (Wildman–Crippen MR) is 90.4 cm³/mol. The molecule has 0 aromatic heterocycles. The third-order valence-corrected chi connectivity index (χ3v) is 3.31. The average Bonchev–Trinajstić information content (AvgIpc) is 2.54. The van der Waals surface area contributed by atoms with Crippen LogP contribution in [0.3, 0.4) is 0 Å². The molecule has 0 saturated heterocycles. The number of rotatable bonds is 5. The molecule has 0 fully saturated rings. The summed E-state index contributed by atoms with van der Waals surface area (Å²) in [5, 5.41) is 4.55. The van der Waals surface area contributed by atoms with E-state index < -0.39 is 6.09 Å². The van der Waals surface area contributed by atoms with Crippen LogP contribution in [-0.2, 0) is 11.3 Å². The van der Waals surface area contributed by atoms with Gasteiger partial charge in [-0.15, -0.1) is 0 Å². The van der Waals surface area contributed by atoms with Crippen LogP contribution in [0.1, 0.15) is 11.1 Å². The topological polar surface area (TPSA) is 59.9 Å². The first-order chi connectivity index (χ1) is 11.1. The molecule has 120 valence electrons. The molecule has 2 aromatic carbocycles. The minimum atomic E-state index is -0.680. The first kappa shape index (κ1) is 17.1. The monoisotopic (exact) mass is 352 g/mol. The SMILES string of the molecule is COC(=O)N/N=C/c1cc(Cl)cc(Cl)c1OCc1ccccc1. The number of methoxy groups -OCH3 is 1. The fourth-order valence-electron chi connectivity index (χ4n) is 1.76. The van der Waals surface area contributed by atoms with Crippen LogP contribution >= 0.6 is 23.2 Å². The lowest BCUT2D eigenvalue weighted by Crippen LogP contribution is -2.16. The number of ether oxygens (including phenoxy) is 2. The average molecular weight is 353 g/mol. The number of benzene rings is 2. The van der Waals surface area contributed by atoms with E-state index in [0.29, 0.717) is 28.0 Å². The molecule has 0 aliphatic heterocycles. The number of hydrogen-bond acceptors (Lipinski definition) is 4. The third-order valence-electron chi connectivity index (χ3n) is 2.81. The molecule has 0 saturated carbocycles. The minimum Gasteiger partial charge on any atom is -0.487 e. The van der Waals surface area contributed by atoms with Crippen molar-refractivity contribution in [2.24, 2.45) is 5.10 Å². The second kappa shape index (κ2) is 8.41. The van der Waals surface area contributed by atoms with Crippen molar-refractivity contribution in [3.05, 3.63) is 63.6 Å². The molecule has 2 aromatic rings. The number of nitrogens with one attached hydrogen (secondary N) is 1. The Morgan fingerprint density at radius 2 is 2.00 bits per heavy atom. The smallest absolute Gasteiger partial charge is 0.427 e. The van der Waals surface area contributed by atoms with Crippen molar-refractivity contribution in [2.45, 2.75) is 6.61 Å². The van der Waals surface area contributed by atoms with Crippen LogP contribution < -0.4 is 10.2 Å². The van der Waals surface area contributed by atoms with E-state index >= 15 is 0 Å². The van der Waals surface area contributed by atoms with Gasteiger partial charge in [0.15, 0.2) is 0 Å². The Labute approximate surface area is 143 Å². The van der Waals surface area contributed by atoms with Crippen LogP contribution in [-0.4, -0.2) is 19.4 Å². The van der Waals surface area contributed by atoms with Crippen LogP contribution in [0.25, 0.3) is 0 Å². The Kier molecular flexibility index (Phi) is 6.26. The number of nitrogens with zero attached hydrogens (tertiary/aromatic N) is 1. The summed E-state index contributed by atoms with van der Waals surface area (Å²) in [6, 6.07) is 12.9. The number of amides is 1. The van der Waals surface area contributed by atoms with Gasteiger partial charge in [-0.2, -0.15) is 5.10 Å². The predicted octanol–water partition coefficient (Wildman–Crippen LogP) is 4.26. The lowest BCUT2D eigenvalue weighted by Gasteiger charge is -2.11. The van der Waals surface area contributed by atoms with Gasteiger partial charge in [-0.3, -0.25) is 0 Å². The highest BCUT2D eigenvalue weighted by Gasteiger charge is 2.10. The van der Waals surface area contributed by atoms with Crippen molar-refractivity contribution in [1.82, 2.24) is 5.43 Å². The van der Waals surface area contributed by atoms with Crippen molar-refractivity contribution in [2.75, 3.05) is 7.11 Å². The van der Waals surface area contributed by atoms with Gasteiger partial charge in [0.05, 0.1) is 18.3 Å². The Bertz CT molecular complexity index is 706. The maximum Gasteiger partial charge on any atom is 0.427 e. The highest BCUT2D eigenvalue weighted by Crippen LogP contribution is 2.32.